The fraction of sp³-hybridized carbons (Fsp3) is 0.900. The van der Waals surface area contributed by atoms with E-state index in [-0.39, 0.29) is 11.4 Å². The van der Waals surface area contributed by atoms with Crippen molar-refractivity contribution in [3.05, 3.63) is 0 Å². The topological polar surface area (TPSA) is 80.3 Å². The molecule has 1 aliphatic heterocycles. The van der Waals surface area contributed by atoms with E-state index >= 15 is 0 Å². The summed E-state index contributed by atoms with van der Waals surface area (Å²) in [4.78, 5) is 11.8. The third-order valence-corrected chi connectivity index (χ3v) is 3.12. The number of carbonyl (C=O) groups is 1. The molecule has 1 aliphatic rings. The first kappa shape index (κ1) is 12.4. The summed E-state index contributed by atoms with van der Waals surface area (Å²) in [5.74, 6) is 5.34. The van der Waals surface area contributed by atoms with Gasteiger partial charge in [-0.1, -0.05) is 13.8 Å². The second-order valence-electron chi connectivity index (χ2n) is 5.40. The van der Waals surface area contributed by atoms with E-state index in [4.69, 9.17) is 5.84 Å². The largest absolute Gasteiger partial charge is 0.306 e. The number of amides is 1. The van der Waals surface area contributed by atoms with Gasteiger partial charge in [0.1, 0.15) is 0 Å². The highest BCUT2D eigenvalue weighted by atomic mass is 16.2. The third-order valence-electron chi connectivity index (χ3n) is 3.12. The van der Waals surface area contributed by atoms with Crippen LogP contribution in [0.5, 0.6) is 0 Å². The zero-order valence-corrected chi connectivity index (χ0v) is 10.2. The number of rotatable bonds is 4. The van der Waals surface area contributed by atoms with E-state index in [1.807, 2.05) is 13.8 Å². The Bertz CT molecular complexity index is 264. The summed E-state index contributed by atoms with van der Waals surface area (Å²) in [6.07, 6.45) is 0.806. The lowest BCUT2D eigenvalue weighted by Crippen LogP contribution is -2.50. The molecule has 0 aromatic carbocycles. The predicted molar refractivity (Wildman–Crippen MR) is 59.5 cm³/mol. The average molecular weight is 214 g/mol. The Kier molecular flexibility index (Phi) is 3.09. The summed E-state index contributed by atoms with van der Waals surface area (Å²) in [5, 5.41) is 4.54. The molecule has 4 N–H and O–H groups in total. The Hall–Kier alpha value is -0.650. The van der Waals surface area contributed by atoms with Crippen LogP contribution in [-0.4, -0.2) is 29.7 Å². The van der Waals surface area contributed by atoms with Crippen LogP contribution in [-0.2, 0) is 4.79 Å². The number of nitrogens with two attached hydrogens (primary N) is 1. The number of carbonyl (C=O) groups excluding carboxylic acids is 1. The highest BCUT2D eigenvalue weighted by Gasteiger charge is 2.50. The van der Waals surface area contributed by atoms with E-state index in [1.165, 1.54) is 5.12 Å². The van der Waals surface area contributed by atoms with Crippen molar-refractivity contribution in [3.8, 4) is 0 Å². The van der Waals surface area contributed by atoms with Gasteiger partial charge in [-0.3, -0.25) is 16.1 Å². The minimum atomic E-state index is -0.417. The van der Waals surface area contributed by atoms with E-state index in [2.05, 4.69) is 24.6 Å². The van der Waals surface area contributed by atoms with Crippen molar-refractivity contribution in [1.29, 1.82) is 0 Å². The molecule has 88 valence electrons. The van der Waals surface area contributed by atoms with Crippen LogP contribution in [0.2, 0.25) is 0 Å². The molecule has 5 nitrogen and oxygen atoms in total. The summed E-state index contributed by atoms with van der Waals surface area (Å²) < 4.78 is 0. The van der Waals surface area contributed by atoms with Gasteiger partial charge in [0, 0.05) is 24.0 Å². The minimum Gasteiger partial charge on any atom is -0.306 e. The zero-order valence-electron chi connectivity index (χ0n) is 10.2. The molecular weight excluding hydrogens is 192 g/mol. The normalized spacial score (nSPS) is 30.5. The fourth-order valence-electron chi connectivity index (χ4n) is 1.97. The van der Waals surface area contributed by atoms with Crippen LogP contribution in [0, 0.1) is 5.41 Å². The van der Waals surface area contributed by atoms with Gasteiger partial charge >= 0.3 is 0 Å². The Balaban J connectivity index is 2.55. The molecule has 1 rings (SSSR count). The highest BCUT2D eigenvalue weighted by Crippen LogP contribution is 2.38. The second kappa shape index (κ2) is 3.73. The predicted octanol–water partition coefficient (Wildman–Crippen LogP) is -0.0102. The van der Waals surface area contributed by atoms with Crippen LogP contribution < -0.4 is 16.6 Å². The lowest BCUT2D eigenvalue weighted by Gasteiger charge is -2.28. The number of hydrogen-bond donors (Lipinski definition) is 3. The van der Waals surface area contributed by atoms with Gasteiger partial charge in [-0.2, -0.15) is 5.12 Å². The smallest absolute Gasteiger partial charge is 0.241 e. The van der Waals surface area contributed by atoms with Gasteiger partial charge in [0.25, 0.3) is 0 Å². The van der Waals surface area contributed by atoms with Gasteiger partial charge in [0.05, 0.1) is 0 Å². The second-order valence-corrected chi connectivity index (χ2v) is 5.40. The van der Waals surface area contributed by atoms with Crippen molar-refractivity contribution in [3.63, 3.8) is 0 Å². The van der Waals surface area contributed by atoms with E-state index in [0.29, 0.717) is 6.04 Å². The molecule has 15 heavy (non-hydrogen) atoms. The van der Waals surface area contributed by atoms with Crippen molar-refractivity contribution in [2.24, 2.45) is 11.3 Å². The zero-order chi connectivity index (χ0) is 11.9. The summed E-state index contributed by atoms with van der Waals surface area (Å²) in [6.45, 7) is 8.13. The Morgan fingerprint density at radius 1 is 1.67 bits per heavy atom. The van der Waals surface area contributed by atoms with Gasteiger partial charge in [-0.05, 0) is 20.3 Å². The molecule has 0 bridgehead atoms. The van der Waals surface area contributed by atoms with Gasteiger partial charge in [0.15, 0.2) is 0 Å². The van der Waals surface area contributed by atoms with E-state index < -0.39 is 5.41 Å². The summed E-state index contributed by atoms with van der Waals surface area (Å²) in [5.41, 5.74) is 2.27. The molecular formula is C10H22N4O. The fourth-order valence-corrected chi connectivity index (χ4v) is 1.97. The monoisotopic (exact) mass is 214 g/mol. The highest BCUT2D eigenvalue weighted by molar-refractivity contribution is 5.81. The molecule has 0 aromatic heterocycles. The van der Waals surface area contributed by atoms with E-state index in [1.54, 1.807) is 7.05 Å². The van der Waals surface area contributed by atoms with Crippen molar-refractivity contribution < 1.29 is 4.79 Å². The van der Waals surface area contributed by atoms with Gasteiger partial charge in [0.2, 0.25) is 5.91 Å². The number of hydrazine groups is 2. The first-order valence-electron chi connectivity index (χ1n) is 5.24. The van der Waals surface area contributed by atoms with Crippen LogP contribution in [0.1, 0.15) is 34.1 Å². The van der Waals surface area contributed by atoms with Crippen LogP contribution in [0.15, 0.2) is 0 Å². The molecule has 1 fully saturated rings. The van der Waals surface area contributed by atoms with Crippen molar-refractivity contribution in [1.82, 2.24) is 15.9 Å². The molecule has 1 amide bonds. The van der Waals surface area contributed by atoms with Crippen molar-refractivity contribution >= 4 is 5.91 Å². The first-order valence-corrected chi connectivity index (χ1v) is 5.24. The maximum absolute atomic E-state index is 11.8. The van der Waals surface area contributed by atoms with Crippen LogP contribution in [0.25, 0.3) is 0 Å². The maximum atomic E-state index is 11.8. The molecule has 1 saturated heterocycles. The minimum absolute atomic E-state index is 0.0466. The summed E-state index contributed by atoms with van der Waals surface area (Å²) >= 11 is 0. The Morgan fingerprint density at radius 2 is 2.13 bits per heavy atom. The van der Waals surface area contributed by atoms with Crippen LogP contribution >= 0.6 is 0 Å². The Morgan fingerprint density at radius 3 is 2.47 bits per heavy atom. The lowest BCUT2D eigenvalue weighted by atomic mass is 9.81. The molecule has 0 aliphatic carbocycles. The van der Waals surface area contributed by atoms with Crippen LogP contribution in [0.3, 0.4) is 0 Å². The molecule has 0 saturated carbocycles. The molecule has 0 spiro atoms. The number of nitrogens with zero attached hydrogens (tertiary/aromatic N) is 1. The number of nitrogens with one attached hydrogen (secondary N) is 2. The SMILES string of the molecule is CC1NC1(C)CC(C)(C)C(=O)NN(C)N. The molecule has 2 atom stereocenters. The summed E-state index contributed by atoms with van der Waals surface area (Å²) in [7, 11) is 1.60. The maximum Gasteiger partial charge on any atom is 0.241 e. The molecule has 1 heterocycles. The van der Waals surface area contributed by atoms with Crippen LogP contribution in [0.4, 0.5) is 0 Å². The summed E-state index contributed by atoms with van der Waals surface area (Å²) in [6, 6.07) is 0.486. The quantitative estimate of drug-likeness (QED) is 0.349. The molecule has 0 radical (unpaired) electrons. The molecule has 5 heteroatoms. The lowest BCUT2D eigenvalue weighted by molar-refractivity contribution is -0.134. The van der Waals surface area contributed by atoms with Gasteiger partial charge in [-0.25, -0.2) is 0 Å². The standard InChI is InChI=1S/C10H22N4O/c1-7-10(4,12-7)6-9(2,3)8(15)13-14(5)11/h7,12H,6,11H2,1-5H3,(H,13,15). The van der Waals surface area contributed by atoms with Gasteiger partial charge in [-0.15, -0.1) is 0 Å². The molecule has 2 unspecified atom stereocenters. The first-order chi connectivity index (χ1) is 6.67. The molecule has 0 aromatic rings. The van der Waals surface area contributed by atoms with Gasteiger partial charge < -0.3 is 5.32 Å². The van der Waals surface area contributed by atoms with Crippen molar-refractivity contribution in [2.45, 2.75) is 45.7 Å². The third kappa shape index (κ3) is 2.90. The Labute approximate surface area is 91.3 Å². The number of hydrogen-bond acceptors (Lipinski definition) is 4. The average Bonchev–Trinajstić information content (AvgIpc) is 2.55. The van der Waals surface area contributed by atoms with E-state index in [0.717, 1.165) is 6.42 Å². The van der Waals surface area contributed by atoms with E-state index in [9.17, 15) is 4.79 Å². The van der Waals surface area contributed by atoms with Crippen molar-refractivity contribution in [2.75, 3.05) is 7.05 Å².